The molecule has 3 aromatic rings. The van der Waals surface area contributed by atoms with Gasteiger partial charge < -0.3 is 4.74 Å². The monoisotopic (exact) mass is 445 g/mol. The molecule has 0 spiro atoms. The minimum Gasteiger partial charge on any atom is -0.379 e. The SMILES string of the molecule is O=C(/C=C/c1ccccc1Cl)N(CCN1CCOCC1)c1nc2ccc(F)cc2s1. The van der Waals surface area contributed by atoms with Crippen LogP contribution >= 0.6 is 22.9 Å². The summed E-state index contributed by atoms with van der Waals surface area (Å²) in [6.07, 6.45) is 3.21. The number of anilines is 1. The van der Waals surface area contributed by atoms with Gasteiger partial charge in [-0.05, 0) is 35.9 Å². The van der Waals surface area contributed by atoms with E-state index in [0.29, 0.717) is 46.7 Å². The molecule has 156 valence electrons. The van der Waals surface area contributed by atoms with E-state index in [2.05, 4.69) is 9.88 Å². The van der Waals surface area contributed by atoms with E-state index in [1.165, 1.54) is 29.5 Å². The second-order valence-electron chi connectivity index (χ2n) is 6.91. The molecular weight excluding hydrogens is 425 g/mol. The molecule has 0 radical (unpaired) electrons. The summed E-state index contributed by atoms with van der Waals surface area (Å²) in [6, 6.07) is 11.8. The van der Waals surface area contributed by atoms with Gasteiger partial charge in [0.05, 0.1) is 23.4 Å². The van der Waals surface area contributed by atoms with E-state index in [0.717, 1.165) is 18.7 Å². The van der Waals surface area contributed by atoms with Gasteiger partial charge in [-0.3, -0.25) is 14.6 Å². The van der Waals surface area contributed by atoms with Crippen molar-refractivity contribution in [2.24, 2.45) is 0 Å². The van der Waals surface area contributed by atoms with E-state index < -0.39 is 0 Å². The number of aromatic nitrogens is 1. The van der Waals surface area contributed by atoms with Gasteiger partial charge in [-0.25, -0.2) is 9.37 Å². The van der Waals surface area contributed by atoms with Crippen molar-refractivity contribution in [2.75, 3.05) is 44.3 Å². The molecule has 5 nitrogen and oxygen atoms in total. The first-order valence-electron chi connectivity index (χ1n) is 9.70. The summed E-state index contributed by atoms with van der Waals surface area (Å²) in [5, 5.41) is 1.13. The molecule has 30 heavy (non-hydrogen) atoms. The van der Waals surface area contributed by atoms with Crippen molar-refractivity contribution in [3.8, 4) is 0 Å². The van der Waals surface area contributed by atoms with Crippen LogP contribution in [0.15, 0.2) is 48.5 Å². The summed E-state index contributed by atoms with van der Waals surface area (Å²) in [7, 11) is 0. The van der Waals surface area contributed by atoms with Crippen LogP contribution in [-0.2, 0) is 9.53 Å². The van der Waals surface area contributed by atoms with E-state index in [9.17, 15) is 9.18 Å². The number of halogens is 2. The van der Waals surface area contributed by atoms with Crippen LogP contribution in [0, 0.1) is 5.82 Å². The van der Waals surface area contributed by atoms with Crippen LogP contribution in [0.25, 0.3) is 16.3 Å². The molecule has 4 rings (SSSR count). The highest BCUT2D eigenvalue weighted by Crippen LogP contribution is 2.30. The lowest BCUT2D eigenvalue weighted by Gasteiger charge is -2.28. The lowest BCUT2D eigenvalue weighted by atomic mass is 10.2. The number of rotatable bonds is 6. The van der Waals surface area contributed by atoms with Crippen LogP contribution in [-0.4, -0.2) is 55.2 Å². The minimum absolute atomic E-state index is 0.192. The summed E-state index contributed by atoms with van der Waals surface area (Å²) in [6.45, 7) is 4.25. The Bertz CT molecular complexity index is 1070. The van der Waals surface area contributed by atoms with Crippen molar-refractivity contribution in [3.63, 3.8) is 0 Å². The van der Waals surface area contributed by atoms with E-state index >= 15 is 0 Å². The molecule has 2 aromatic carbocycles. The fourth-order valence-corrected chi connectivity index (χ4v) is 4.45. The summed E-state index contributed by atoms with van der Waals surface area (Å²) < 4.78 is 19.7. The van der Waals surface area contributed by atoms with Crippen molar-refractivity contribution < 1.29 is 13.9 Å². The maximum Gasteiger partial charge on any atom is 0.252 e. The van der Waals surface area contributed by atoms with Crippen LogP contribution < -0.4 is 4.90 Å². The molecule has 0 saturated carbocycles. The molecule has 8 heteroatoms. The largest absolute Gasteiger partial charge is 0.379 e. The summed E-state index contributed by atoms with van der Waals surface area (Å²) in [5.74, 6) is -0.509. The van der Waals surface area contributed by atoms with E-state index in [1.807, 2.05) is 18.2 Å². The van der Waals surface area contributed by atoms with Gasteiger partial charge >= 0.3 is 0 Å². The molecule has 0 N–H and O–H groups in total. The van der Waals surface area contributed by atoms with E-state index in [-0.39, 0.29) is 11.7 Å². The zero-order valence-corrected chi connectivity index (χ0v) is 17.8. The molecule has 1 aliphatic heterocycles. The number of hydrogen-bond acceptors (Lipinski definition) is 5. The van der Waals surface area contributed by atoms with Crippen molar-refractivity contribution in [3.05, 3.63) is 64.9 Å². The summed E-state index contributed by atoms with van der Waals surface area (Å²) >= 11 is 7.50. The predicted molar refractivity (Wildman–Crippen MR) is 120 cm³/mol. The first-order chi connectivity index (χ1) is 14.6. The number of benzene rings is 2. The third-order valence-corrected chi connectivity index (χ3v) is 6.28. The van der Waals surface area contributed by atoms with E-state index in [1.54, 1.807) is 23.1 Å². The fraction of sp³-hybridized carbons (Fsp3) is 0.273. The van der Waals surface area contributed by atoms with Crippen molar-refractivity contribution >= 4 is 50.3 Å². The number of carbonyl (C=O) groups excluding carboxylic acids is 1. The zero-order chi connectivity index (χ0) is 20.9. The topological polar surface area (TPSA) is 45.7 Å². The molecule has 1 fully saturated rings. The molecule has 1 saturated heterocycles. The first-order valence-corrected chi connectivity index (χ1v) is 10.9. The molecule has 2 heterocycles. The Kier molecular flexibility index (Phi) is 6.74. The predicted octanol–water partition coefficient (Wildman–Crippen LogP) is 4.47. The average Bonchev–Trinajstić information content (AvgIpc) is 3.16. The summed E-state index contributed by atoms with van der Waals surface area (Å²) in [5.41, 5.74) is 1.45. The smallest absolute Gasteiger partial charge is 0.252 e. The molecule has 0 aliphatic carbocycles. The number of thiazole rings is 1. The molecule has 1 aliphatic rings. The maximum absolute atomic E-state index is 13.6. The van der Waals surface area contributed by atoms with Gasteiger partial charge in [0, 0.05) is 37.3 Å². The van der Waals surface area contributed by atoms with Crippen LogP contribution in [0.5, 0.6) is 0 Å². The van der Waals surface area contributed by atoms with Crippen LogP contribution in [0.2, 0.25) is 5.02 Å². The second kappa shape index (κ2) is 9.66. The molecule has 1 aromatic heterocycles. The van der Waals surface area contributed by atoms with Crippen LogP contribution in [0.3, 0.4) is 0 Å². The number of fused-ring (bicyclic) bond motifs is 1. The third kappa shape index (κ3) is 5.05. The molecule has 0 unspecified atom stereocenters. The number of hydrogen-bond donors (Lipinski definition) is 0. The molecule has 1 amide bonds. The Morgan fingerprint density at radius 1 is 1.27 bits per heavy atom. The number of amides is 1. The highest BCUT2D eigenvalue weighted by atomic mass is 35.5. The Morgan fingerprint density at radius 3 is 2.87 bits per heavy atom. The van der Waals surface area contributed by atoms with Crippen molar-refractivity contribution in [1.82, 2.24) is 9.88 Å². The van der Waals surface area contributed by atoms with Gasteiger partial charge in [0.1, 0.15) is 5.82 Å². The van der Waals surface area contributed by atoms with Crippen LogP contribution in [0.1, 0.15) is 5.56 Å². The number of ether oxygens (including phenoxy) is 1. The lowest BCUT2D eigenvalue weighted by Crippen LogP contribution is -2.42. The van der Waals surface area contributed by atoms with Crippen LogP contribution in [0.4, 0.5) is 9.52 Å². The third-order valence-electron chi connectivity index (χ3n) is 4.89. The van der Waals surface area contributed by atoms with Crippen molar-refractivity contribution in [1.29, 1.82) is 0 Å². The fourth-order valence-electron chi connectivity index (χ4n) is 3.23. The highest BCUT2D eigenvalue weighted by molar-refractivity contribution is 7.22. The number of morpholine rings is 1. The summed E-state index contributed by atoms with van der Waals surface area (Å²) in [4.78, 5) is 21.6. The Balaban J connectivity index is 1.58. The minimum atomic E-state index is -0.317. The first kappa shape index (κ1) is 20.9. The van der Waals surface area contributed by atoms with Gasteiger partial charge in [0.25, 0.3) is 5.91 Å². The normalized spacial score (nSPS) is 15.1. The Labute approximate surface area is 183 Å². The molecule has 0 atom stereocenters. The zero-order valence-electron chi connectivity index (χ0n) is 16.3. The van der Waals surface area contributed by atoms with Gasteiger partial charge in [-0.1, -0.05) is 41.1 Å². The standard InChI is InChI=1S/C22H21ClFN3O2S/c23-18-4-2-1-3-16(18)5-8-21(28)27(10-9-26-11-13-29-14-12-26)22-25-19-7-6-17(24)15-20(19)30-22/h1-8,15H,9-14H2/b8-5+. The van der Waals surface area contributed by atoms with Crippen molar-refractivity contribution in [2.45, 2.75) is 0 Å². The molecular formula is C22H21ClFN3O2S. The maximum atomic E-state index is 13.6. The Hall–Kier alpha value is -2.32. The second-order valence-corrected chi connectivity index (χ2v) is 8.32. The van der Waals surface area contributed by atoms with Gasteiger partial charge in [0.2, 0.25) is 0 Å². The number of carbonyl (C=O) groups is 1. The van der Waals surface area contributed by atoms with Gasteiger partial charge in [0.15, 0.2) is 5.13 Å². The average molecular weight is 446 g/mol. The number of nitrogens with zero attached hydrogens (tertiary/aromatic N) is 3. The highest BCUT2D eigenvalue weighted by Gasteiger charge is 2.20. The van der Waals surface area contributed by atoms with E-state index in [4.69, 9.17) is 16.3 Å². The Morgan fingerprint density at radius 2 is 2.07 bits per heavy atom. The lowest BCUT2D eigenvalue weighted by molar-refractivity contribution is -0.114. The quantitative estimate of drug-likeness (QED) is 0.525. The van der Waals surface area contributed by atoms with Gasteiger partial charge in [-0.2, -0.15) is 0 Å². The molecule has 0 bridgehead atoms. The van der Waals surface area contributed by atoms with Gasteiger partial charge in [-0.15, -0.1) is 0 Å².